The maximum Gasteiger partial charge on any atom is 0.269 e. The molecule has 0 N–H and O–H groups in total. The van der Waals surface area contributed by atoms with Gasteiger partial charge in [0.2, 0.25) is 10.0 Å². The fraction of sp³-hybridized carbons (Fsp3) is 0.273. The number of nitro groups is 1. The van der Waals surface area contributed by atoms with Gasteiger partial charge in [0, 0.05) is 55.8 Å². The monoisotopic (exact) mass is 427 g/mol. The van der Waals surface area contributed by atoms with Gasteiger partial charge in [-0.05, 0) is 24.1 Å². The third kappa shape index (κ3) is 4.29. The lowest BCUT2D eigenvalue weighted by Gasteiger charge is -2.23. The highest BCUT2D eigenvalue weighted by Crippen LogP contribution is 2.32. The molecule has 0 fully saturated rings. The molecule has 0 aliphatic rings. The molecule has 0 heterocycles. The zero-order valence-electron chi connectivity index (χ0n) is 17.3. The standard InChI is InChI=1S/C22H25N3O4S/c1-4-15-24(16-17-11-13-18(14-12-17)25(26)27)30(28,29)22-10-6-7-19-20(22)8-5-9-21(19)23(2)3/h5-14H,4,15-16H2,1-3H3. The third-order valence-electron chi connectivity index (χ3n) is 4.94. The molecule has 158 valence electrons. The molecule has 0 bridgehead atoms. The highest BCUT2D eigenvalue weighted by molar-refractivity contribution is 7.89. The number of benzene rings is 3. The van der Waals surface area contributed by atoms with Gasteiger partial charge in [-0.2, -0.15) is 4.31 Å². The van der Waals surface area contributed by atoms with Crippen molar-refractivity contribution in [3.8, 4) is 0 Å². The number of rotatable bonds is 8. The zero-order chi connectivity index (χ0) is 21.9. The second-order valence-corrected chi connectivity index (χ2v) is 9.19. The quantitative estimate of drug-likeness (QED) is 0.393. The average molecular weight is 428 g/mol. The van der Waals surface area contributed by atoms with Crippen molar-refractivity contribution in [3.63, 3.8) is 0 Å². The molecule has 3 aromatic rings. The van der Waals surface area contributed by atoms with E-state index in [0.29, 0.717) is 23.9 Å². The summed E-state index contributed by atoms with van der Waals surface area (Å²) in [6, 6.07) is 17.0. The highest BCUT2D eigenvalue weighted by Gasteiger charge is 2.26. The van der Waals surface area contributed by atoms with Gasteiger partial charge >= 0.3 is 0 Å². The highest BCUT2D eigenvalue weighted by atomic mass is 32.2. The molecule has 7 nitrogen and oxygen atoms in total. The predicted octanol–water partition coefficient (Wildman–Crippen LogP) is 4.41. The minimum absolute atomic E-state index is 0.0195. The molecule has 0 aliphatic carbocycles. The minimum Gasteiger partial charge on any atom is -0.377 e. The fourth-order valence-electron chi connectivity index (χ4n) is 3.48. The van der Waals surface area contributed by atoms with Crippen molar-refractivity contribution in [2.75, 3.05) is 25.5 Å². The Morgan fingerprint density at radius 3 is 2.17 bits per heavy atom. The Kier molecular flexibility index (Phi) is 6.38. The molecular formula is C22H25N3O4S. The van der Waals surface area contributed by atoms with Crippen LogP contribution < -0.4 is 4.90 Å². The average Bonchev–Trinajstić information content (AvgIpc) is 2.72. The van der Waals surface area contributed by atoms with E-state index < -0.39 is 14.9 Å². The number of non-ortho nitro benzene ring substituents is 1. The number of anilines is 1. The molecule has 0 atom stereocenters. The maximum absolute atomic E-state index is 13.6. The summed E-state index contributed by atoms with van der Waals surface area (Å²) < 4.78 is 28.6. The second-order valence-electron chi connectivity index (χ2n) is 7.28. The van der Waals surface area contributed by atoms with Gasteiger partial charge < -0.3 is 4.90 Å². The van der Waals surface area contributed by atoms with Crippen LogP contribution in [0.1, 0.15) is 18.9 Å². The molecule has 8 heteroatoms. The lowest BCUT2D eigenvalue weighted by molar-refractivity contribution is -0.384. The predicted molar refractivity (Wildman–Crippen MR) is 119 cm³/mol. The number of nitro benzene ring substituents is 1. The van der Waals surface area contributed by atoms with E-state index in [2.05, 4.69) is 0 Å². The molecule has 0 saturated heterocycles. The molecule has 0 amide bonds. The Bertz CT molecular complexity index is 1160. The lowest BCUT2D eigenvalue weighted by Crippen LogP contribution is -2.31. The summed E-state index contributed by atoms with van der Waals surface area (Å²) >= 11 is 0. The number of nitrogens with zero attached hydrogens (tertiary/aromatic N) is 3. The Hall–Kier alpha value is -2.97. The number of hydrogen-bond donors (Lipinski definition) is 0. The first-order chi connectivity index (χ1) is 14.3. The van der Waals surface area contributed by atoms with E-state index in [4.69, 9.17) is 0 Å². The van der Waals surface area contributed by atoms with Gasteiger partial charge in [0.05, 0.1) is 9.82 Å². The van der Waals surface area contributed by atoms with Gasteiger partial charge in [-0.3, -0.25) is 10.1 Å². The number of sulfonamides is 1. The van der Waals surface area contributed by atoms with Crippen molar-refractivity contribution in [2.24, 2.45) is 0 Å². The topological polar surface area (TPSA) is 83.8 Å². The summed E-state index contributed by atoms with van der Waals surface area (Å²) in [5.74, 6) is 0. The maximum atomic E-state index is 13.6. The van der Waals surface area contributed by atoms with E-state index in [9.17, 15) is 18.5 Å². The normalized spacial score (nSPS) is 11.7. The van der Waals surface area contributed by atoms with Gasteiger partial charge in [0.15, 0.2) is 0 Å². The SMILES string of the molecule is CCCN(Cc1ccc([N+](=O)[O-])cc1)S(=O)(=O)c1cccc2c(N(C)C)cccc12. The van der Waals surface area contributed by atoms with Gasteiger partial charge in [-0.25, -0.2) is 8.42 Å². The Balaban J connectivity index is 2.04. The summed E-state index contributed by atoms with van der Waals surface area (Å²) in [7, 11) is 0.0731. The summed E-state index contributed by atoms with van der Waals surface area (Å²) in [5.41, 5.74) is 1.63. The van der Waals surface area contributed by atoms with Crippen LogP contribution in [0.2, 0.25) is 0 Å². The van der Waals surface area contributed by atoms with Gasteiger partial charge in [-0.15, -0.1) is 0 Å². The smallest absolute Gasteiger partial charge is 0.269 e. The van der Waals surface area contributed by atoms with E-state index in [1.807, 2.05) is 50.2 Å². The zero-order valence-corrected chi connectivity index (χ0v) is 18.1. The van der Waals surface area contributed by atoms with Crippen LogP contribution in [0.5, 0.6) is 0 Å². The van der Waals surface area contributed by atoms with Crippen molar-refractivity contribution in [1.29, 1.82) is 0 Å². The third-order valence-corrected chi connectivity index (χ3v) is 6.84. The molecule has 0 spiro atoms. The molecule has 0 unspecified atom stereocenters. The molecule has 0 aromatic heterocycles. The van der Waals surface area contributed by atoms with Crippen LogP contribution in [-0.4, -0.2) is 38.3 Å². The van der Waals surface area contributed by atoms with Crippen LogP contribution in [0, 0.1) is 10.1 Å². The largest absolute Gasteiger partial charge is 0.377 e. The second kappa shape index (κ2) is 8.81. The summed E-state index contributed by atoms with van der Waals surface area (Å²) in [5, 5.41) is 12.4. The van der Waals surface area contributed by atoms with Gasteiger partial charge in [0.25, 0.3) is 5.69 Å². The van der Waals surface area contributed by atoms with E-state index in [1.54, 1.807) is 24.3 Å². The van der Waals surface area contributed by atoms with E-state index in [-0.39, 0.29) is 17.1 Å². The van der Waals surface area contributed by atoms with Crippen molar-refractivity contribution in [3.05, 3.63) is 76.3 Å². The fourth-order valence-corrected chi connectivity index (χ4v) is 5.21. The first-order valence-electron chi connectivity index (χ1n) is 9.68. The minimum atomic E-state index is -3.78. The van der Waals surface area contributed by atoms with Crippen molar-refractivity contribution in [1.82, 2.24) is 4.31 Å². The van der Waals surface area contributed by atoms with E-state index in [1.165, 1.54) is 16.4 Å². The summed E-state index contributed by atoms with van der Waals surface area (Å²) in [6.07, 6.45) is 0.653. The first-order valence-corrected chi connectivity index (χ1v) is 11.1. The summed E-state index contributed by atoms with van der Waals surface area (Å²) in [4.78, 5) is 12.6. The molecule has 0 aliphatic heterocycles. The molecular weight excluding hydrogens is 402 g/mol. The van der Waals surface area contributed by atoms with Gasteiger partial charge in [-0.1, -0.05) is 43.3 Å². The summed E-state index contributed by atoms with van der Waals surface area (Å²) in [6.45, 7) is 2.42. The van der Waals surface area contributed by atoms with Gasteiger partial charge in [0.1, 0.15) is 0 Å². The van der Waals surface area contributed by atoms with Crippen LogP contribution >= 0.6 is 0 Å². The molecule has 3 rings (SSSR count). The molecule has 0 saturated carbocycles. The van der Waals surface area contributed by atoms with E-state index >= 15 is 0 Å². The lowest BCUT2D eigenvalue weighted by atomic mass is 10.1. The van der Waals surface area contributed by atoms with Crippen LogP contribution in [0.15, 0.2) is 65.6 Å². The van der Waals surface area contributed by atoms with Crippen molar-refractivity contribution < 1.29 is 13.3 Å². The Morgan fingerprint density at radius 1 is 0.933 bits per heavy atom. The molecule has 0 radical (unpaired) electrons. The molecule has 30 heavy (non-hydrogen) atoms. The van der Waals surface area contributed by atoms with Crippen molar-refractivity contribution >= 4 is 32.2 Å². The number of fused-ring (bicyclic) bond motifs is 1. The van der Waals surface area contributed by atoms with Crippen LogP contribution in [0.3, 0.4) is 0 Å². The Morgan fingerprint density at radius 2 is 1.57 bits per heavy atom. The first kappa shape index (κ1) is 21.7. The van der Waals surface area contributed by atoms with Crippen LogP contribution in [0.25, 0.3) is 10.8 Å². The van der Waals surface area contributed by atoms with Crippen molar-refractivity contribution in [2.45, 2.75) is 24.8 Å². The van der Waals surface area contributed by atoms with E-state index in [0.717, 1.165) is 11.1 Å². The molecule has 3 aromatic carbocycles. The van der Waals surface area contributed by atoms with Crippen LogP contribution in [0.4, 0.5) is 11.4 Å². The Labute approximate surface area is 176 Å². The van der Waals surface area contributed by atoms with Crippen LogP contribution in [-0.2, 0) is 16.6 Å². The number of hydrogen-bond acceptors (Lipinski definition) is 5.